The monoisotopic (exact) mass is 286 g/mol. The molecule has 104 valence electrons. The van der Waals surface area contributed by atoms with Crippen molar-refractivity contribution >= 4 is 15.7 Å². The summed E-state index contributed by atoms with van der Waals surface area (Å²) in [5.74, 6) is 0. The number of hydrogen-bond donors (Lipinski definition) is 2. The van der Waals surface area contributed by atoms with E-state index < -0.39 is 32.7 Å². The fourth-order valence-corrected chi connectivity index (χ4v) is 3.65. The highest BCUT2D eigenvalue weighted by atomic mass is 32.2. The van der Waals surface area contributed by atoms with Crippen molar-refractivity contribution in [1.82, 2.24) is 4.31 Å². The fourth-order valence-electron chi connectivity index (χ4n) is 1.98. The van der Waals surface area contributed by atoms with Crippen LogP contribution in [0.5, 0.6) is 0 Å². The van der Waals surface area contributed by atoms with Crippen molar-refractivity contribution in [2.75, 3.05) is 13.1 Å². The normalized spacial score (nSPS) is 24.5. The van der Waals surface area contributed by atoms with Gasteiger partial charge in [0.05, 0.1) is 4.92 Å². The molecule has 1 saturated heterocycles. The lowest BCUT2D eigenvalue weighted by atomic mass is 10.2. The van der Waals surface area contributed by atoms with Crippen molar-refractivity contribution in [3.05, 3.63) is 34.4 Å². The lowest BCUT2D eigenvalue weighted by molar-refractivity contribution is -0.387. The average molecular weight is 286 g/mol. The van der Waals surface area contributed by atoms with Crippen molar-refractivity contribution in [3.8, 4) is 0 Å². The number of nitro groups is 1. The highest BCUT2D eigenvalue weighted by Crippen LogP contribution is 2.27. The Morgan fingerprint density at radius 3 is 2.26 bits per heavy atom. The Morgan fingerprint density at radius 2 is 1.74 bits per heavy atom. The van der Waals surface area contributed by atoms with E-state index in [2.05, 4.69) is 0 Å². The van der Waals surface area contributed by atoms with Crippen LogP contribution in [-0.4, -0.2) is 42.8 Å². The molecule has 1 aliphatic rings. The van der Waals surface area contributed by atoms with E-state index in [0.717, 1.165) is 10.4 Å². The quantitative estimate of drug-likeness (QED) is 0.555. The molecule has 1 aromatic carbocycles. The van der Waals surface area contributed by atoms with Crippen LogP contribution in [0.2, 0.25) is 0 Å². The molecule has 2 atom stereocenters. The molecule has 0 saturated carbocycles. The highest BCUT2D eigenvalue weighted by Gasteiger charge is 2.38. The second-order valence-electron chi connectivity index (χ2n) is 4.37. The summed E-state index contributed by atoms with van der Waals surface area (Å²) in [5, 5.41) is 10.9. The molecule has 8 nitrogen and oxygen atoms in total. The highest BCUT2D eigenvalue weighted by molar-refractivity contribution is 7.89. The topological polar surface area (TPSA) is 133 Å². The molecular formula is C10H14N4O4S. The number of benzene rings is 1. The molecule has 2 rings (SSSR count). The molecular weight excluding hydrogens is 272 g/mol. The van der Waals surface area contributed by atoms with Crippen LogP contribution >= 0.6 is 0 Å². The molecule has 0 amide bonds. The SMILES string of the molecule is NC1CN(S(=O)(=O)c2ccccc2[N+](=O)[O-])CC1N. The molecule has 1 heterocycles. The van der Waals surface area contributed by atoms with E-state index in [0.29, 0.717) is 0 Å². The molecule has 1 aromatic rings. The van der Waals surface area contributed by atoms with Crippen LogP contribution in [0.1, 0.15) is 0 Å². The first-order valence-corrected chi connectivity index (χ1v) is 7.03. The number of nitrogens with zero attached hydrogens (tertiary/aromatic N) is 2. The van der Waals surface area contributed by atoms with Crippen molar-refractivity contribution in [1.29, 1.82) is 0 Å². The van der Waals surface area contributed by atoms with Crippen molar-refractivity contribution in [2.45, 2.75) is 17.0 Å². The van der Waals surface area contributed by atoms with Gasteiger partial charge in [-0.25, -0.2) is 8.42 Å². The van der Waals surface area contributed by atoms with E-state index in [4.69, 9.17) is 11.5 Å². The summed E-state index contributed by atoms with van der Waals surface area (Å²) in [6.45, 7) is 0.130. The Hall–Kier alpha value is -1.55. The van der Waals surface area contributed by atoms with Crippen LogP contribution in [0.3, 0.4) is 0 Å². The van der Waals surface area contributed by atoms with Gasteiger partial charge < -0.3 is 11.5 Å². The third-order valence-electron chi connectivity index (χ3n) is 3.06. The maximum absolute atomic E-state index is 12.4. The lowest BCUT2D eigenvalue weighted by Crippen LogP contribution is -2.39. The van der Waals surface area contributed by atoms with E-state index in [9.17, 15) is 18.5 Å². The Morgan fingerprint density at radius 1 is 1.21 bits per heavy atom. The van der Waals surface area contributed by atoms with Gasteiger partial charge >= 0.3 is 0 Å². The van der Waals surface area contributed by atoms with Gasteiger partial charge in [0.1, 0.15) is 0 Å². The summed E-state index contributed by atoms with van der Waals surface area (Å²) < 4.78 is 25.8. The van der Waals surface area contributed by atoms with Crippen LogP contribution in [0.4, 0.5) is 5.69 Å². The van der Waals surface area contributed by atoms with E-state index >= 15 is 0 Å². The minimum Gasteiger partial charge on any atom is -0.325 e. The summed E-state index contributed by atoms with van der Waals surface area (Å²) >= 11 is 0. The van der Waals surface area contributed by atoms with E-state index in [1.54, 1.807) is 0 Å². The Balaban J connectivity index is 2.44. The Kier molecular flexibility index (Phi) is 3.54. The number of rotatable bonds is 3. The third kappa shape index (κ3) is 2.45. The molecule has 0 bridgehead atoms. The van der Waals surface area contributed by atoms with Gasteiger partial charge in [0, 0.05) is 31.2 Å². The molecule has 1 fully saturated rings. The molecule has 0 radical (unpaired) electrons. The first-order chi connectivity index (χ1) is 8.84. The summed E-state index contributed by atoms with van der Waals surface area (Å²) in [4.78, 5) is 9.83. The first-order valence-electron chi connectivity index (χ1n) is 5.59. The number of sulfonamides is 1. The van der Waals surface area contributed by atoms with Crippen LogP contribution < -0.4 is 11.5 Å². The molecule has 2 unspecified atom stereocenters. The largest absolute Gasteiger partial charge is 0.325 e. The second kappa shape index (κ2) is 4.85. The van der Waals surface area contributed by atoms with E-state index in [-0.39, 0.29) is 18.0 Å². The molecule has 19 heavy (non-hydrogen) atoms. The predicted molar refractivity (Wildman–Crippen MR) is 67.8 cm³/mol. The van der Waals surface area contributed by atoms with Gasteiger partial charge in [0.25, 0.3) is 5.69 Å². The van der Waals surface area contributed by atoms with Gasteiger partial charge in [-0.1, -0.05) is 12.1 Å². The van der Waals surface area contributed by atoms with Crippen LogP contribution in [0, 0.1) is 10.1 Å². The van der Waals surface area contributed by atoms with Gasteiger partial charge in [0.15, 0.2) is 4.90 Å². The van der Waals surface area contributed by atoms with Crippen LogP contribution in [-0.2, 0) is 10.0 Å². The zero-order valence-corrected chi connectivity index (χ0v) is 10.8. The zero-order chi connectivity index (χ0) is 14.2. The van der Waals surface area contributed by atoms with E-state index in [1.165, 1.54) is 18.2 Å². The van der Waals surface area contributed by atoms with Gasteiger partial charge in [-0.05, 0) is 6.07 Å². The first kappa shape index (κ1) is 13.9. The van der Waals surface area contributed by atoms with Crippen molar-refractivity contribution in [3.63, 3.8) is 0 Å². The minimum absolute atomic E-state index is 0.0650. The third-order valence-corrected chi connectivity index (χ3v) is 4.94. The summed E-state index contributed by atoms with van der Waals surface area (Å²) in [6, 6.07) is 4.30. The summed E-state index contributed by atoms with van der Waals surface area (Å²) in [6.07, 6.45) is 0. The van der Waals surface area contributed by atoms with Crippen LogP contribution in [0.25, 0.3) is 0 Å². The molecule has 9 heteroatoms. The summed E-state index contributed by atoms with van der Waals surface area (Å²) in [7, 11) is -3.95. The number of para-hydroxylation sites is 1. The molecule has 0 spiro atoms. The van der Waals surface area contributed by atoms with Crippen LogP contribution in [0.15, 0.2) is 29.2 Å². The standard InChI is InChI=1S/C10H14N4O4S/c11-7-5-13(6-8(7)12)19(17,18)10-4-2-1-3-9(10)14(15)16/h1-4,7-8H,5-6,11-12H2. The lowest BCUT2D eigenvalue weighted by Gasteiger charge is -2.15. The number of nitro benzene ring substituents is 1. The second-order valence-corrected chi connectivity index (χ2v) is 6.28. The average Bonchev–Trinajstić information content (AvgIpc) is 2.70. The Labute approximate surface area is 110 Å². The maximum Gasteiger partial charge on any atom is 0.289 e. The predicted octanol–water partition coefficient (Wildman–Crippen LogP) is -0.746. The van der Waals surface area contributed by atoms with Gasteiger partial charge in [-0.15, -0.1) is 0 Å². The number of nitrogens with two attached hydrogens (primary N) is 2. The van der Waals surface area contributed by atoms with Crippen molar-refractivity contribution in [2.24, 2.45) is 11.5 Å². The van der Waals surface area contributed by atoms with Gasteiger partial charge in [-0.2, -0.15) is 4.31 Å². The number of hydrogen-bond acceptors (Lipinski definition) is 6. The smallest absolute Gasteiger partial charge is 0.289 e. The van der Waals surface area contributed by atoms with Crippen molar-refractivity contribution < 1.29 is 13.3 Å². The van der Waals surface area contributed by atoms with Gasteiger partial charge in [0.2, 0.25) is 10.0 Å². The molecule has 4 N–H and O–H groups in total. The van der Waals surface area contributed by atoms with Gasteiger partial charge in [-0.3, -0.25) is 10.1 Å². The Bertz CT molecular complexity index is 593. The molecule has 1 aliphatic heterocycles. The zero-order valence-electron chi connectivity index (χ0n) is 9.97. The fraction of sp³-hybridized carbons (Fsp3) is 0.400. The van der Waals surface area contributed by atoms with E-state index in [1.807, 2.05) is 0 Å². The molecule has 0 aromatic heterocycles. The summed E-state index contributed by atoms with van der Waals surface area (Å²) in [5.41, 5.74) is 10.9. The molecule has 0 aliphatic carbocycles. The minimum atomic E-state index is -3.95. The maximum atomic E-state index is 12.4.